The third kappa shape index (κ3) is 4.82. The van der Waals surface area contributed by atoms with E-state index in [0.29, 0.717) is 38.2 Å². The molecule has 0 aromatic carbocycles. The van der Waals surface area contributed by atoms with Crippen LogP contribution in [0.25, 0.3) is 0 Å². The first kappa shape index (κ1) is 19.3. The second kappa shape index (κ2) is 7.64. The molecular formula is C19H26N4O4. The highest BCUT2D eigenvalue weighted by atomic mass is 16.6. The maximum Gasteiger partial charge on any atom is 0.410 e. The normalized spacial score (nSPS) is 23.7. The van der Waals surface area contributed by atoms with Gasteiger partial charge in [0.05, 0.1) is 17.7 Å². The van der Waals surface area contributed by atoms with Crippen LogP contribution in [0.1, 0.15) is 56.8 Å². The number of rotatable bonds is 2. The minimum absolute atomic E-state index is 0.0467. The van der Waals surface area contributed by atoms with Crippen molar-refractivity contribution in [3.63, 3.8) is 0 Å². The van der Waals surface area contributed by atoms with Gasteiger partial charge in [-0.1, -0.05) is 6.07 Å². The summed E-state index contributed by atoms with van der Waals surface area (Å²) in [5.41, 5.74) is 1.07. The second-order valence-corrected chi connectivity index (χ2v) is 7.95. The molecule has 0 saturated carbocycles. The zero-order valence-corrected chi connectivity index (χ0v) is 15.9. The summed E-state index contributed by atoms with van der Waals surface area (Å²) in [7, 11) is 0. The van der Waals surface area contributed by atoms with Gasteiger partial charge < -0.3 is 15.0 Å². The number of pyridine rings is 1. The van der Waals surface area contributed by atoms with Crippen molar-refractivity contribution in [3.05, 3.63) is 29.6 Å². The van der Waals surface area contributed by atoms with Crippen LogP contribution in [0, 0.1) is 0 Å². The van der Waals surface area contributed by atoms with Gasteiger partial charge in [0.2, 0.25) is 11.8 Å². The van der Waals surface area contributed by atoms with Crippen molar-refractivity contribution >= 4 is 17.9 Å². The topological polar surface area (TPSA) is 101 Å². The highest BCUT2D eigenvalue weighted by Gasteiger charge is 2.30. The Bertz CT molecular complexity index is 726. The lowest BCUT2D eigenvalue weighted by molar-refractivity contribution is -0.134. The van der Waals surface area contributed by atoms with E-state index in [4.69, 9.17) is 4.74 Å². The molecule has 0 radical (unpaired) electrons. The molecule has 0 bridgehead atoms. The highest BCUT2D eigenvalue weighted by Crippen LogP contribution is 2.25. The quantitative estimate of drug-likeness (QED) is 0.761. The van der Waals surface area contributed by atoms with Crippen molar-refractivity contribution in [2.75, 3.05) is 19.6 Å². The van der Waals surface area contributed by atoms with E-state index in [-0.39, 0.29) is 23.9 Å². The minimum atomic E-state index is -0.525. The molecule has 2 aliphatic heterocycles. The van der Waals surface area contributed by atoms with Crippen LogP contribution in [0.4, 0.5) is 4.79 Å². The number of nitrogens with zero attached hydrogens (tertiary/aromatic N) is 2. The van der Waals surface area contributed by atoms with Crippen LogP contribution in [0.5, 0.6) is 0 Å². The van der Waals surface area contributed by atoms with E-state index in [0.717, 1.165) is 5.56 Å². The van der Waals surface area contributed by atoms with Gasteiger partial charge in [-0.15, -0.1) is 0 Å². The molecule has 2 unspecified atom stereocenters. The van der Waals surface area contributed by atoms with Gasteiger partial charge >= 0.3 is 6.09 Å². The Morgan fingerprint density at radius 3 is 2.70 bits per heavy atom. The predicted molar refractivity (Wildman–Crippen MR) is 97.9 cm³/mol. The number of piperazine rings is 1. The van der Waals surface area contributed by atoms with Crippen LogP contribution in [-0.4, -0.2) is 53.0 Å². The SMILES string of the molecule is CC(C)(C)OC(=O)N1CCNC(c2ccc(C3CCC(=O)NC3=O)nc2)C1. The number of hydrogen-bond donors (Lipinski definition) is 2. The summed E-state index contributed by atoms with van der Waals surface area (Å²) in [6.45, 7) is 7.30. The van der Waals surface area contributed by atoms with Gasteiger partial charge in [-0.3, -0.25) is 19.9 Å². The maximum atomic E-state index is 12.3. The van der Waals surface area contributed by atoms with E-state index in [1.54, 1.807) is 11.1 Å². The van der Waals surface area contributed by atoms with E-state index >= 15 is 0 Å². The lowest BCUT2D eigenvalue weighted by Crippen LogP contribution is -2.49. The fourth-order valence-corrected chi connectivity index (χ4v) is 3.27. The number of aromatic nitrogens is 1. The smallest absolute Gasteiger partial charge is 0.410 e. The molecule has 2 fully saturated rings. The van der Waals surface area contributed by atoms with Crippen LogP contribution in [0.3, 0.4) is 0 Å². The molecule has 2 atom stereocenters. The molecule has 0 aliphatic carbocycles. The molecule has 3 rings (SSSR count). The second-order valence-electron chi connectivity index (χ2n) is 7.95. The summed E-state index contributed by atoms with van der Waals surface area (Å²) >= 11 is 0. The van der Waals surface area contributed by atoms with Crippen molar-refractivity contribution in [1.29, 1.82) is 0 Å². The molecule has 8 heteroatoms. The highest BCUT2D eigenvalue weighted by molar-refractivity contribution is 6.00. The largest absolute Gasteiger partial charge is 0.444 e. The minimum Gasteiger partial charge on any atom is -0.444 e. The van der Waals surface area contributed by atoms with E-state index in [9.17, 15) is 14.4 Å². The number of piperidine rings is 1. The fourth-order valence-electron chi connectivity index (χ4n) is 3.27. The molecule has 1 aromatic rings. The monoisotopic (exact) mass is 374 g/mol. The first-order valence-electron chi connectivity index (χ1n) is 9.24. The Hall–Kier alpha value is -2.48. The number of ether oxygens (including phenoxy) is 1. The number of imide groups is 1. The Kier molecular flexibility index (Phi) is 5.46. The average Bonchev–Trinajstić information content (AvgIpc) is 2.61. The molecule has 146 valence electrons. The lowest BCUT2D eigenvalue weighted by Gasteiger charge is -2.35. The summed E-state index contributed by atoms with van der Waals surface area (Å²) in [6.07, 6.45) is 2.22. The van der Waals surface area contributed by atoms with Gasteiger partial charge in [-0.05, 0) is 38.8 Å². The van der Waals surface area contributed by atoms with Gasteiger partial charge in [-0.25, -0.2) is 4.79 Å². The number of nitrogens with one attached hydrogen (secondary N) is 2. The Balaban J connectivity index is 1.65. The van der Waals surface area contributed by atoms with Gasteiger partial charge in [0.25, 0.3) is 0 Å². The molecule has 8 nitrogen and oxygen atoms in total. The Labute approximate surface area is 158 Å². The first-order valence-corrected chi connectivity index (χ1v) is 9.24. The first-order chi connectivity index (χ1) is 12.7. The van der Waals surface area contributed by atoms with Crippen LogP contribution in [-0.2, 0) is 14.3 Å². The standard InChI is InChI=1S/C19H26N4O4/c1-19(2,3)27-18(26)23-9-8-20-15(11-23)12-4-6-14(21-10-12)13-5-7-16(24)22-17(13)25/h4,6,10,13,15,20H,5,7-9,11H2,1-3H3,(H,22,24,25). The molecule has 0 spiro atoms. The van der Waals surface area contributed by atoms with Crippen LogP contribution >= 0.6 is 0 Å². The van der Waals surface area contributed by atoms with Gasteiger partial charge in [0.1, 0.15) is 5.60 Å². The summed E-state index contributed by atoms with van der Waals surface area (Å²) in [4.78, 5) is 41.7. The Morgan fingerprint density at radius 1 is 1.30 bits per heavy atom. The summed E-state index contributed by atoms with van der Waals surface area (Å²) in [5, 5.41) is 5.74. The molecule has 3 amide bonds. The van der Waals surface area contributed by atoms with Gasteiger partial charge in [0.15, 0.2) is 0 Å². The third-order valence-corrected chi connectivity index (χ3v) is 4.63. The fraction of sp³-hybridized carbons (Fsp3) is 0.579. The zero-order valence-electron chi connectivity index (χ0n) is 15.9. The van der Waals surface area contributed by atoms with Crippen LogP contribution in [0.15, 0.2) is 18.3 Å². The van der Waals surface area contributed by atoms with Crippen molar-refractivity contribution in [1.82, 2.24) is 20.5 Å². The lowest BCUT2D eigenvalue weighted by atomic mass is 9.93. The predicted octanol–water partition coefficient (Wildman–Crippen LogP) is 1.48. The van der Waals surface area contributed by atoms with E-state index in [2.05, 4.69) is 15.6 Å². The summed E-state index contributed by atoms with van der Waals surface area (Å²) in [6, 6.07) is 3.70. The van der Waals surface area contributed by atoms with Crippen LogP contribution < -0.4 is 10.6 Å². The Morgan fingerprint density at radius 2 is 2.07 bits per heavy atom. The average molecular weight is 374 g/mol. The molecule has 27 heavy (non-hydrogen) atoms. The molecule has 1 aromatic heterocycles. The number of carbonyl (C=O) groups excluding carboxylic acids is 3. The van der Waals surface area contributed by atoms with Crippen LogP contribution in [0.2, 0.25) is 0 Å². The van der Waals surface area contributed by atoms with E-state index in [1.807, 2.05) is 32.9 Å². The maximum absolute atomic E-state index is 12.3. The van der Waals surface area contributed by atoms with Gasteiger partial charge in [0, 0.05) is 32.3 Å². The molecular weight excluding hydrogens is 348 g/mol. The van der Waals surface area contributed by atoms with E-state index in [1.165, 1.54) is 0 Å². The number of hydrogen-bond acceptors (Lipinski definition) is 6. The number of carbonyl (C=O) groups is 3. The molecule has 2 aliphatic rings. The van der Waals surface area contributed by atoms with Crippen molar-refractivity contribution in [2.24, 2.45) is 0 Å². The van der Waals surface area contributed by atoms with Crippen molar-refractivity contribution < 1.29 is 19.1 Å². The third-order valence-electron chi connectivity index (χ3n) is 4.63. The van der Waals surface area contributed by atoms with Crippen molar-refractivity contribution in [2.45, 2.75) is 51.2 Å². The zero-order chi connectivity index (χ0) is 19.6. The van der Waals surface area contributed by atoms with Crippen molar-refractivity contribution in [3.8, 4) is 0 Å². The van der Waals surface area contributed by atoms with Gasteiger partial charge in [-0.2, -0.15) is 0 Å². The van der Waals surface area contributed by atoms with E-state index < -0.39 is 11.5 Å². The molecule has 3 heterocycles. The molecule has 2 N–H and O–H groups in total. The molecule has 2 saturated heterocycles. The number of amides is 3. The summed E-state index contributed by atoms with van der Waals surface area (Å²) < 4.78 is 5.45. The summed E-state index contributed by atoms with van der Waals surface area (Å²) in [5.74, 6) is -0.922.